The van der Waals surface area contributed by atoms with Gasteiger partial charge in [0.2, 0.25) is 7.59 Å². The minimum atomic E-state index is -1.92. The van der Waals surface area contributed by atoms with Gasteiger partial charge < -0.3 is 9.47 Å². The molecule has 0 bridgehead atoms. The Hall–Kier alpha value is 0.510. The Balaban J connectivity index is 3.17. The van der Waals surface area contributed by atoms with Gasteiger partial charge in [0.25, 0.3) is 0 Å². The minimum Gasteiger partial charge on any atom is -0.434 e. The SMILES string of the molecule is CCOC(C)Oc1nc(C(Cl)(Cl)Cl)nc(C(Cl)(Cl)Cl)n1. The molecule has 1 unspecified atom stereocenters. The van der Waals surface area contributed by atoms with Gasteiger partial charge in [-0.05, 0) is 13.8 Å². The Morgan fingerprint density at radius 2 is 1.40 bits per heavy atom. The van der Waals surface area contributed by atoms with E-state index < -0.39 is 13.9 Å². The van der Waals surface area contributed by atoms with Crippen molar-refractivity contribution < 1.29 is 9.47 Å². The van der Waals surface area contributed by atoms with Gasteiger partial charge >= 0.3 is 6.01 Å². The molecule has 5 nitrogen and oxygen atoms in total. The monoisotopic (exact) mass is 401 g/mol. The highest BCUT2D eigenvalue weighted by molar-refractivity contribution is 6.67. The largest absolute Gasteiger partial charge is 0.434 e. The van der Waals surface area contributed by atoms with Crippen LogP contribution in [0.3, 0.4) is 0 Å². The Morgan fingerprint density at radius 3 is 1.75 bits per heavy atom. The second-order valence-electron chi connectivity index (χ2n) is 3.40. The van der Waals surface area contributed by atoms with Crippen molar-refractivity contribution in [3.05, 3.63) is 11.6 Å². The van der Waals surface area contributed by atoms with E-state index in [1.165, 1.54) is 0 Å². The Kier molecular flexibility index (Phi) is 6.66. The quantitative estimate of drug-likeness (QED) is 0.554. The van der Waals surface area contributed by atoms with Gasteiger partial charge in [0.1, 0.15) is 0 Å². The van der Waals surface area contributed by atoms with E-state index in [1.54, 1.807) is 13.8 Å². The van der Waals surface area contributed by atoms with Crippen LogP contribution in [0.4, 0.5) is 0 Å². The molecule has 20 heavy (non-hydrogen) atoms. The maximum Gasteiger partial charge on any atom is 0.322 e. The van der Waals surface area contributed by atoms with Crippen molar-refractivity contribution in [2.75, 3.05) is 6.61 Å². The molecule has 0 amide bonds. The van der Waals surface area contributed by atoms with E-state index in [0.717, 1.165) is 0 Å². The van der Waals surface area contributed by atoms with Crippen LogP contribution in [-0.2, 0) is 12.3 Å². The maximum atomic E-state index is 5.71. The van der Waals surface area contributed by atoms with Crippen LogP contribution in [-0.4, -0.2) is 27.8 Å². The maximum absolute atomic E-state index is 5.71. The molecule has 0 fully saturated rings. The van der Waals surface area contributed by atoms with Crippen molar-refractivity contribution in [3.63, 3.8) is 0 Å². The fourth-order valence-corrected chi connectivity index (χ4v) is 1.59. The molecule has 0 aliphatic carbocycles. The minimum absolute atomic E-state index is 0.177. The number of alkyl halides is 6. The second kappa shape index (κ2) is 7.18. The second-order valence-corrected chi connectivity index (χ2v) is 7.96. The van der Waals surface area contributed by atoms with E-state index in [9.17, 15) is 0 Å². The molecule has 0 aliphatic rings. The lowest BCUT2D eigenvalue weighted by Gasteiger charge is -2.17. The summed E-state index contributed by atoms with van der Waals surface area (Å²) in [5.41, 5.74) is 0. The zero-order valence-electron chi connectivity index (χ0n) is 10.2. The third kappa shape index (κ3) is 5.72. The highest BCUT2D eigenvalue weighted by Crippen LogP contribution is 2.40. The summed E-state index contributed by atoms with van der Waals surface area (Å²) in [7, 11) is 0. The standard InChI is InChI=1S/C9H9Cl6N3O2/c1-3-19-4(2)20-7-17-5(8(10,11)12)16-6(18-7)9(13,14)15/h4H,3H2,1-2H3. The van der Waals surface area contributed by atoms with Gasteiger partial charge in [-0.2, -0.15) is 9.97 Å². The third-order valence-corrected chi connectivity index (χ3v) is 2.81. The highest BCUT2D eigenvalue weighted by Gasteiger charge is 2.34. The molecule has 1 atom stereocenters. The van der Waals surface area contributed by atoms with Crippen LogP contribution < -0.4 is 4.74 Å². The molecule has 1 aromatic heterocycles. The molecule has 0 saturated heterocycles. The van der Waals surface area contributed by atoms with Gasteiger partial charge in [0.15, 0.2) is 17.9 Å². The number of halogens is 6. The predicted octanol–water partition coefficient (Wildman–Crippen LogP) is 4.29. The number of ether oxygens (including phenoxy) is 2. The van der Waals surface area contributed by atoms with Crippen LogP contribution in [0.5, 0.6) is 6.01 Å². The van der Waals surface area contributed by atoms with Crippen molar-refractivity contribution in [3.8, 4) is 6.01 Å². The summed E-state index contributed by atoms with van der Waals surface area (Å²) in [6, 6.07) is -0.177. The van der Waals surface area contributed by atoms with Crippen molar-refractivity contribution in [1.29, 1.82) is 0 Å². The summed E-state index contributed by atoms with van der Waals surface area (Å²) >= 11 is 34.3. The van der Waals surface area contributed by atoms with Gasteiger partial charge in [-0.15, -0.1) is 0 Å². The lowest BCUT2D eigenvalue weighted by atomic mass is 10.6. The van der Waals surface area contributed by atoms with Crippen LogP contribution in [0.25, 0.3) is 0 Å². The van der Waals surface area contributed by atoms with E-state index in [0.29, 0.717) is 6.61 Å². The van der Waals surface area contributed by atoms with Crippen LogP contribution in [0.2, 0.25) is 0 Å². The summed E-state index contributed by atoms with van der Waals surface area (Å²) in [6.45, 7) is 3.87. The Morgan fingerprint density at radius 1 is 0.950 bits per heavy atom. The van der Waals surface area contributed by atoms with Gasteiger partial charge in [-0.3, -0.25) is 0 Å². The van der Waals surface area contributed by atoms with Crippen LogP contribution in [0.1, 0.15) is 25.5 Å². The summed E-state index contributed by atoms with van der Waals surface area (Å²) in [4.78, 5) is 11.5. The number of rotatable bonds is 4. The van der Waals surface area contributed by atoms with Crippen LogP contribution in [0, 0.1) is 0 Å². The summed E-state index contributed by atoms with van der Waals surface area (Å²) in [5.74, 6) is -0.449. The lowest BCUT2D eigenvalue weighted by molar-refractivity contribution is -0.0665. The van der Waals surface area contributed by atoms with E-state index in [-0.39, 0.29) is 17.7 Å². The first-order valence-corrected chi connectivity index (χ1v) is 7.49. The van der Waals surface area contributed by atoms with E-state index in [4.69, 9.17) is 79.1 Å². The number of hydrogen-bond acceptors (Lipinski definition) is 5. The van der Waals surface area contributed by atoms with Gasteiger partial charge in [0.05, 0.1) is 0 Å². The van der Waals surface area contributed by atoms with E-state index >= 15 is 0 Å². The fourth-order valence-electron chi connectivity index (χ4n) is 1.08. The molecule has 0 aliphatic heterocycles. The van der Waals surface area contributed by atoms with Gasteiger partial charge in [-0.25, -0.2) is 4.98 Å². The smallest absolute Gasteiger partial charge is 0.322 e. The molecule has 0 aromatic carbocycles. The van der Waals surface area contributed by atoms with Crippen molar-refractivity contribution in [2.24, 2.45) is 0 Å². The van der Waals surface area contributed by atoms with E-state index in [2.05, 4.69) is 15.0 Å². The topological polar surface area (TPSA) is 57.1 Å². The molecule has 114 valence electrons. The zero-order chi connectivity index (χ0) is 15.6. The Bertz CT molecular complexity index is 430. The first kappa shape index (κ1) is 18.6. The zero-order valence-corrected chi connectivity index (χ0v) is 14.7. The van der Waals surface area contributed by atoms with E-state index in [1.807, 2.05) is 0 Å². The average molecular weight is 404 g/mol. The number of aromatic nitrogens is 3. The van der Waals surface area contributed by atoms with Gasteiger partial charge in [-0.1, -0.05) is 69.6 Å². The molecular weight excluding hydrogens is 395 g/mol. The normalized spacial score (nSPS) is 14.2. The molecule has 1 aromatic rings. The first-order valence-electron chi connectivity index (χ1n) is 5.22. The molecular formula is C9H9Cl6N3O2. The summed E-state index contributed by atoms with van der Waals surface area (Å²) in [5, 5.41) is 0. The molecule has 0 radical (unpaired) electrons. The summed E-state index contributed by atoms with van der Waals surface area (Å²) < 4.78 is 6.63. The van der Waals surface area contributed by atoms with Crippen LogP contribution >= 0.6 is 69.6 Å². The first-order chi connectivity index (χ1) is 9.04. The fraction of sp³-hybridized carbons (Fsp3) is 0.667. The van der Waals surface area contributed by atoms with Crippen molar-refractivity contribution in [2.45, 2.75) is 27.7 Å². The predicted molar refractivity (Wildman–Crippen MR) is 80.0 cm³/mol. The number of nitrogens with zero attached hydrogens (tertiary/aromatic N) is 3. The molecule has 1 rings (SSSR count). The molecule has 1 heterocycles. The van der Waals surface area contributed by atoms with Crippen LogP contribution in [0.15, 0.2) is 0 Å². The molecule has 0 spiro atoms. The molecule has 0 N–H and O–H groups in total. The Labute approximate surface area is 145 Å². The lowest BCUT2D eigenvalue weighted by Crippen LogP contribution is -2.21. The molecule has 0 saturated carbocycles. The summed E-state index contributed by atoms with van der Waals surface area (Å²) in [6.07, 6.45) is -0.631. The number of hydrogen-bond donors (Lipinski definition) is 0. The van der Waals surface area contributed by atoms with Gasteiger partial charge in [0, 0.05) is 6.61 Å². The van der Waals surface area contributed by atoms with Crippen molar-refractivity contribution >= 4 is 69.6 Å². The third-order valence-electron chi connectivity index (χ3n) is 1.79. The van der Waals surface area contributed by atoms with Crippen molar-refractivity contribution in [1.82, 2.24) is 15.0 Å². The highest BCUT2D eigenvalue weighted by atomic mass is 35.6. The molecule has 11 heteroatoms. The average Bonchev–Trinajstić information content (AvgIpc) is 2.26.